The summed E-state index contributed by atoms with van der Waals surface area (Å²) in [5.74, 6) is -0.705. The molecule has 1 atom stereocenters. The molecule has 0 fully saturated rings. The number of halogens is 1. The van der Waals surface area contributed by atoms with Crippen molar-refractivity contribution in [2.45, 2.75) is 24.2 Å². The largest absolute Gasteiger partial charge is 0.326 e. The quantitative estimate of drug-likeness (QED) is 0.882. The highest BCUT2D eigenvalue weighted by Gasteiger charge is 2.09. The molecule has 6 heteroatoms. The first-order chi connectivity index (χ1) is 10.1. The fraction of sp³-hybridized carbons (Fsp3) is 0.267. The minimum Gasteiger partial charge on any atom is -0.326 e. The minimum atomic E-state index is -1.37. The Bertz CT molecular complexity index is 641. The third-order valence-corrected chi connectivity index (χ3v) is 4.82. The predicted octanol–water partition coefficient (Wildman–Crippen LogP) is 3.59. The zero-order valence-corrected chi connectivity index (χ0v) is 13.2. The van der Waals surface area contributed by atoms with E-state index in [1.807, 2.05) is 17.5 Å². The van der Waals surface area contributed by atoms with Gasteiger partial charge < -0.3 is 5.32 Å². The van der Waals surface area contributed by atoms with Gasteiger partial charge in [-0.15, -0.1) is 11.3 Å². The van der Waals surface area contributed by atoms with E-state index in [1.54, 1.807) is 17.4 Å². The van der Waals surface area contributed by atoms with Crippen LogP contribution in [0.2, 0.25) is 0 Å². The first-order valence-electron chi connectivity index (χ1n) is 6.51. The zero-order chi connectivity index (χ0) is 15.2. The summed E-state index contributed by atoms with van der Waals surface area (Å²) in [6.45, 7) is 0. The number of carbonyl (C=O) groups excluding carboxylic acids is 1. The summed E-state index contributed by atoms with van der Waals surface area (Å²) in [6, 6.07) is 8.24. The van der Waals surface area contributed by atoms with Crippen LogP contribution in [0, 0.1) is 5.82 Å². The Morgan fingerprint density at radius 3 is 2.81 bits per heavy atom. The number of amides is 1. The molecule has 2 aromatic rings. The fourth-order valence-corrected chi connectivity index (χ4v) is 3.26. The second-order valence-corrected chi connectivity index (χ2v) is 6.96. The number of rotatable bonds is 6. The number of thiophene rings is 1. The highest BCUT2D eigenvalue weighted by atomic mass is 32.2. The van der Waals surface area contributed by atoms with Crippen LogP contribution < -0.4 is 5.32 Å². The maximum absolute atomic E-state index is 13.6. The summed E-state index contributed by atoms with van der Waals surface area (Å²) in [7, 11) is -1.37. The lowest BCUT2D eigenvalue weighted by molar-refractivity contribution is -0.116. The summed E-state index contributed by atoms with van der Waals surface area (Å²) in [5, 5.41) is 4.67. The van der Waals surface area contributed by atoms with Crippen LogP contribution in [-0.4, -0.2) is 16.4 Å². The number of anilines is 1. The molecule has 1 N–H and O–H groups in total. The van der Waals surface area contributed by atoms with Gasteiger partial charge in [-0.1, -0.05) is 6.07 Å². The van der Waals surface area contributed by atoms with Crippen molar-refractivity contribution in [3.8, 4) is 0 Å². The molecular formula is C15H16FNO2S2. The van der Waals surface area contributed by atoms with E-state index in [2.05, 4.69) is 5.32 Å². The molecule has 112 valence electrons. The number of aryl methyl sites for hydroxylation is 1. The molecule has 1 heterocycles. The maximum Gasteiger partial charge on any atom is 0.224 e. The molecule has 3 nitrogen and oxygen atoms in total. The first kappa shape index (κ1) is 15.9. The summed E-state index contributed by atoms with van der Waals surface area (Å²) in [4.78, 5) is 13.2. The second-order valence-electron chi connectivity index (χ2n) is 4.58. The minimum absolute atomic E-state index is 0.142. The van der Waals surface area contributed by atoms with Crippen LogP contribution in [0.25, 0.3) is 0 Å². The van der Waals surface area contributed by atoms with Gasteiger partial charge in [-0.2, -0.15) is 0 Å². The lowest BCUT2D eigenvalue weighted by Gasteiger charge is -2.06. The Morgan fingerprint density at radius 1 is 1.38 bits per heavy atom. The van der Waals surface area contributed by atoms with Crippen LogP contribution in [0.5, 0.6) is 0 Å². The van der Waals surface area contributed by atoms with Crippen LogP contribution in [-0.2, 0) is 22.0 Å². The molecule has 0 saturated heterocycles. The molecule has 0 aliphatic heterocycles. The van der Waals surface area contributed by atoms with Gasteiger partial charge in [0.25, 0.3) is 0 Å². The van der Waals surface area contributed by atoms with Crippen molar-refractivity contribution in [3.05, 3.63) is 46.4 Å². The third kappa shape index (κ3) is 4.75. The second kappa shape index (κ2) is 7.47. The normalized spacial score (nSPS) is 12.1. The molecule has 0 unspecified atom stereocenters. The molecule has 1 aromatic heterocycles. The first-order valence-corrected chi connectivity index (χ1v) is 8.95. The lowest BCUT2D eigenvalue weighted by Crippen LogP contribution is -2.11. The van der Waals surface area contributed by atoms with Crippen molar-refractivity contribution >= 4 is 33.7 Å². The molecule has 1 aromatic carbocycles. The Hall–Kier alpha value is -1.53. The van der Waals surface area contributed by atoms with Crippen molar-refractivity contribution in [3.63, 3.8) is 0 Å². The average molecular weight is 325 g/mol. The standard InChI is InChI=1S/C15H16FNO2S2/c1-21(19)14-8-7-11(10-13(14)16)17-15(18)6-2-4-12-5-3-9-20-12/h3,5,7-10H,2,4,6H2,1H3,(H,17,18)/t21-/m1/s1. The lowest BCUT2D eigenvalue weighted by atomic mass is 10.2. The summed E-state index contributed by atoms with van der Waals surface area (Å²) in [5.41, 5.74) is 0.392. The highest BCUT2D eigenvalue weighted by Crippen LogP contribution is 2.18. The Kier molecular flexibility index (Phi) is 5.64. The van der Waals surface area contributed by atoms with Crippen LogP contribution in [0.4, 0.5) is 10.1 Å². The molecular weight excluding hydrogens is 309 g/mol. The topological polar surface area (TPSA) is 46.2 Å². The van der Waals surface area contributed by atoms with Crippen molar-refractivity contribution in [1.29, 1.82) is 0 Å². The Balaban J connectivity index is 1.85. The van der Waals surface area contributed by atoms with Crippen LogP contribution in [0.3, 0.4) is 0 Å². The summed E-state index contributed by atoms with van der Waals surface area (Å²) >= 11 is 1.67. The molecule has 1 amide bonds. The molecule has 0 saturated carbocycles. The summed E-state index contributed by atoms with van der Waals surface area (Å²) in [6.07, 6.45) is 3.43. The van der Waals surface area contributed by atoms with Crippen LogP contribution in [0.15, 0.2) is 40.6 Å². The van der Waals surface area contributed by atoms with E-state index in [9.17, 15) is 13.4 Å². The SMILES string of the molecule is C[S@@](=O)c1ccc(NC(=O)CCCc2cccs2)cc1F. The third-order valence-electron chi connectivity index (χ3n) is 2.93. The molecule has 0 aliphatic rings. The number of hydrogen-bond donors (Lipinski definition) is 1. The van der Waals surface area contributed by atoms with Gasteiger partial charge in [0.2, 0.25) is 5.91 Å². The molecule has 0 aliphatic carbocycles. The number of nitrogens with one attached hydrogen (secondary N) is 1. The zero-order valence-electron chi connectivity index (χ0n) is 11.6. The van der Waals surface area contributed by atoms with Gasteiger partial charge in [0.05, 0.1) is 15.7 Å². The van der Waals surface area contributed by atoms with Gasteiger partial charge in [-0.25, -0.2) is 4.39 Å². The van der Waals surface area contributed by atoms with Gasteiger partial charge in [-0.3, -0.25) is 9.00 Å². The number of hydrogen-bond acceptors (Lipinski definition) is 3. The van der Waals surface area contributed by atoms with E-state index in [0.29, 0.717) is 12.1 Å². The Labute approximate surface area is 129 Å². The average Bonchev–Trinajstić information content (AvgIpc) is 2.91. The van der Waals surface area contributed by atoms with Crippen molar-refractivity contribution in [2.75, 3.05) is 11.6 Å². The molecule has 21 heavy (non-hydrogen) atoms. The van der Waals surface area contributed by atoms with Crippen LogP contribution in [0.1, 0.15) is 17.7 Å². The van der Waals surface area contributed by atoms with E-state index in [-0.39, 0.29) is 10.8 Å². The number of benzene rings is 1. The number of carbonyl (C=O) groups is 1. The monoisotopic (exact) mass is 325 g/mol. The van der Waals surface area contributed by atoms with Gasteiger partial charge in [0, 0.05) is 23.2 Å². The fourth-order valence-electron chi connectivity index (χ4n) is 1.91. The summed E-state index contributed by atoms with van der Waals surface area (Å²) < 4.78 is 24.9. The van der Waals surface area contributed by atoms with E-state index < -0.39 is 16.6 Å². The maximum atomic E-state index is 13.6. The van der Waals surface area contributed by atoms with Crippen molar-refractivity contribution < 1.29 is 13.4 Å². The van der Waals surface area contributed by atoms with Gasteiger partial charge in [0.15, 0.2) is 0 Å². The molecule has 0 radical (unpaired) electrons. The molecule has 0 bridgehead atoms. The van der Waals surface area contributed by atoms with Crippen molar-refractivity contribution in [1.82, 2.24) is 0 Å². The van der Waals surface area contributed by atoms with E-state index in [0.717, 1.165) is 12.8 Å². The van der Waals surface area contributed by atoms with E-state index in [4.69, 9.17) is 0 Å². The smallest absolute Gasteiger partial charge is 0.224 e. The highest BCUT2D eigenvalue weighted by molar-refractivity contribution is 7.84. The molecule has 2 rings (SSSR count). The Morgan fingerprint density at radius 2 is 2.19 bits per heavy atom. The van der Waals surface area contributed by atoms with Gasteiger partial charge >= 0.3 is 0 Å². The van der Waals surface area contributed by atoms with Crippen molar-refractivity contribution in [2.24, 2.45) is 0 Å². The van der Waals surface area contributed by atoms with E-state index >= 15 is 0 Å². The molecule has 0 spiro atoms. The predicted molar refractivity (Wildman–Crippen MR) is 84.6 cm³/mol. The van der Waals surface area contributed by atoms with E-state index in [1.165, 1.54) is 23.3 Å². The van der Waals surface area contributed by atoms with Gasteiger partial charge in [-0.05, 0) is 42.5 Å². The van der Waals surface area contributed by atoms with Gasteiger partial charge in [0.1, 0.15) is 5.82 Å². The van der Waals surface area contributed by atoms with Crippen LogP contribution >= 0.6 is 11.3 Å².